The second kappa shape index (κ2) is 8.02. The van der Waals surface area contributed by atoms with E-state index in [1.165, 1.54) is 23.5 Å². The van der Waals surface area contributed by atoms with Gasteiger partial charge in [-0.3, -0.25) is 10.1 Å². The molecule has 2 aromatic heterocycles. The summed E-state index contributed by atoms with van der Waals surface area (Å²) in [4.78, 5) is 12.3. The number of halogens is 1. The minimum Gasteiger partial charge on any atom is -0.303 e. The normalized spacial score (nSPS) is 10.7. The van der Waals surface area contributed by atoms with Crippen LogP contribution in [0.5, 0.6) is 0 Å². The smallest absolute Gasteiger partial charge is 0.270 e. The van der Waals surface area contributed by atoms with E-state index in [0.717, 1.165) is 15.0 Å². The summed E-state index contributed by atoms with van der Waals surface area (Å²) in [5.41, 5.74) is 2.19. The van der Waals surface area contributed by atoms with Crippen LogP contribution in [-0.4, -0.2) is 32.4 Å². The quantitative estimate of drug-likeness (QED) is 0.296. The van der Waals surface area contributed by atoms with E-state index in [-0.39, 0.29) is 5.69 Å². The molecular formula is C19H13BrN6O2S. The maximum atomic E-state index is 11.0. The zero-order valence-corrected chi connectivity index (χ0v) is 17.5. The van der Waals surface area contributed by atoms with Gasteiger partial charge in [-0.2, -0.15) is 0 Å². The monoisotopic (exact) mass is 468 g/mol. The Morgan fingerprint density at radius 3 is 2.45 bits per heavy atom. The molecule has 2 heterocycles. The van der Waals surface area contributed by atoms with Crippen LogP contribution in [0, 0.1) is 10.1 Å². The van der Waals surface area contributed by atoms with E-state index < -0.39 is 4.92 Å². The Labute approximate surface area is 178 Å². The van der Waals surface area contributed by atoms with Crippen molar-refractivity contribution in [3.63, 3.8) is 0 Å². The Morgan fingerprint density at radius 2 is 1.76 bits per heavy atom. The van der Waals surface area contributed by atoms with E-state index in [1.54, 1.807) is 29.2 Å². The van der Waals surface area contributed by atoms with Crippen LogP contribution in [0.2, 0.25) is 0 Å². The van der Waals surface area contributed by atoms with Crippen LogP contribution in [0.4, 0.5) is 16.6 Å². The van der Waals surface area contributed by atoms with Gasteiger partial charge in [0.1, 0.15) is 5.01 Å². The lowest BCUT2D eigenvalue weighted by atomic mass is 10.1. The number of nitro benzene ring substituents is 1. The zero-order valence-electron chi connectivity index (χ0n) is 15.1. The zero-order chi connectivity index (χ0) is 20.4. The molecule has 0 aliphatic heterocycles. The second-order valence-electron chi connectivity index (χ2n) is 6.04. The molecule has 0 aliphatic rings. The van der Waals surface area contributed by atoms with Gasteiger partial charge in [-0.15, -0.1) is 20.4 Å². The van der Waals surface area contributed by atoms with E-state index in [1.807, 2.05) is 31.3 Å². The number of hydrogen-bond donors (Lipinski definition) is 0. The summed E-state index contributed by atoms with van der Waals surface area (Å²) in [6, 6.07) is 17.7. The van der Waals surface area contributed by atoms with Gasteiger partial charge < -0.3 is 4.90 Å². The third kappa shape index (κ3) is 4.13. The van der Waals surface area contributed by atoms with Gasteiger partial charge in [0.2, 0.25) is 5.13 Å². The van der Waals surface area contributed by atoms with Crippen molar-refractivity contribution in [1.29, 1.82) is 0 Å². The lowest BCUT2D eigenvalue weighted by Gasteiger charge is -2.13. The molecule has 10 heteroatoms. The molecule has 0 saturated heterocycles. The van der Waals surface area contributed by atoms with Gasteiger partial charge in [0.25, 0.3) is 5.69 Å². The van der Waals surface area contributed by atoms with Crippen molar-refractivity contribution >= 4 is 43.9 Å². The van der Waals surface area contributed by atoms with Crippen LogP contribution in [0.3, 0.4) is 0 Å². The van der Waals surface area contributed by atoms with Crippen molar-refractivity contribution in [3.05, 3.63) is 75.3 Å². The first kappa shape index (κ1) is 19.1. The Kier molecular flexibility index (Phi) is 5.28. The predicted molar refractivity (Wildman–Crippen MR) is 115 cm³/mol. The number of benzene rings is 2. The van der Waals surface area contributed by atoms with Crippen molar-refractivity contribution in [2.24, 2.45) is 0 Å². The van der Waals surface area contributed by atoms with Crippen molar-refractivity contribution < 1.29 is 4.92 Å². The van der Waals surface area contributed by atoms with Crippen LogP contribution < -0.4 is 4.90 Å². The Morgan fingerprint density at radius 1 is 0.966 bits per heavy atom. The fraction of sp³-hybridized carbons (Fsp3) is 0.0526. The number of non-ortho nitro benzene ring substituents is 1. The molecular weight excluding hydrogens is 456 g/mol. The molecule has 2 aromatic carbocycles. The molecule has 0 spiro atoms. The number of hydrogen-bond acceptors (Lipinski definition) is 8. The van der Waals surface area contributed by atoms with Gasteiger partial charge in [-0.05, 0) is 24.3 Å². The molecule has 0 radical (unpaired) electrons. The number of nitrogens with zero attached hydrogens (tertiary/aromatic N) is 6. The van der Waals surface area contributed by atoms with Gasteiger partial charge in [-0.25, -0.2) is 0 Å². The van der Waals surface area contributed by atoms with Crippen molar-refractivity contribution in [1.82, 2.24) is 20.4 Å². The highest BCUT2D eigenvalue weighted by atomic mass is 79.9. The SMILES string of the molecule is CN(c1ccc(-c2cccc([N+](=O)[O-])c2)nn1)c1nnc(-c2ccc(Br)cc2)s1. The van der Waals surface area contributed by atoms with E-state index >= 15 is 0 Å². The summed E-state index contributed by atoms with van der Waals surface area (Å²) in [5, 5.41) is 29.4. The fourth-order valence-corrected chi connectivity index (χ4v) is 3.68. The minimum absolute atomic E-state index is 0.0137. The third-order valence-corrected chi connectivity index (χ3v) is 5.72. The Balaban J connectivity index is 1.56. The van der Waals surface area contributed by atoms with Gasteiger partial charge in [0, 0.05) is 34.8 Å². The Bertz CT molecular complexity index is 1160. The molecule has 0 fully saturated rings. The number of nitro groups is 1. The predicted octanol–water partition coefficient (Wildman–Crippen LogP) is 5.10. The van der Waals surface area contributed by atoms with Crippen molar-refractivity contribution in [2.75, 3.05) is 11.9 Å². The highest BCUT2D eigenvalue weighted by molar-refractivity contribution is 9.10. The molecule has 4 aromatic rings. The standard InChI is InChI=1S/C19H13BrN6O2S/c1-25(19-24-23-18(29-19)12-5-7-14(20)8-6-12)17-10-9-16(21-22-17)13-3-2-4-15(11-13)26(27)28/h2-11H,1H3. The lowest BCUT2D eigenvalue weighted by Crippen LogP contribution is -2.11. The van der Waals surface area contributed by atoms with E-state index in [2.05, 4.69) is 36.3 Å². The highest BCUT2D eigenvalue weighted by Gasteiger charge is 2.14. The molecule has 8 nitrogen and oxygen atoms in total. The first-order valence-corrected chi connectivity index (χ1v) is 10.0. The minimum atomic E-state index is -0.433. The summed E-state index contributed by atoms with van der Waals surface area (Å²) in [5.74, 6) is 0.595. The van der Waals surface area contributed by atoms with Crippen LogP contribution >= 0.6 is 27.3 Å². The number of rotatable bonds is 5. The average molecular weight is 469 g/mol. The van der Waals surface area contributed by atoms with Crippen LogP contribution in [-0.2, 0) is 0 Å². The summed E-state index contributed by atoms with van der Waals surface area (Å²) in [6.07, 6.45) is 0. The molecule has 0 N–H and O–H groups in total. The van der Waals surface area contributed by atoms with E-state index in [9.17, 15) is 10.1 Å². The average Bonchev–Trinajstić information content (AvgIpc) is 3.24. The lowest BCUT2D eigenvalue weighted by molar-refractivity contribution is -0.384. The summed E-state index contributed by atoms with van der Waals surface area (Å²) < 4.78 is 1.00. The largest absolute Gasteiger partial charge is 0.303 e. The fourth-order valence-electron chi connectivity index (χ4n) is 2.60. The van der Waals surface area contributed by atoms with Crippen LogP contribution in [0.25, 0.3) is 21.8 Å². The first-order chi connectivity index (χ1) is 14.0. The highest BCUT2D eigenvalue weighted by Crippen LogP contribution is 2.32. The van der Waals surface area contributed by atoms with Gasteiger partial charge in [0.15, 0.2) is 5.82 Å². The first-order valence-electron chi connectivity index (χ1n) is 8.43. The second-order valence-corrected chi connectivity index (χ2v) is 7.91. The molecule has 29 heavy (non-hydrogen) atoms. The van der Waals surface area contributed by atoms with E-state index in [0.29, 0.717) is 22.2 Å². The number of aromatic nitrogens is 4. The summed E-state index contributed by atoms with van der Waals surface area (Å²) >= 11 is 4.87. The molecule has 0 aliphatic carbocycles. The molecule has 0 saturated carbocycles. The summed E-state index contributed by atoms with van der Waals surface area (Å²) in [6.45, 7) is 0. The van der Waals surface area contributed by atoms with Gasteiger partial charge >= 0.3 is 0 Å². The van der Waals surface area contributed by atoms with Crippen molar-refractivity contribution in [2.45, 2.75) is 0 Å². The van der Waals surface area contributed by atoms with Crippen LogP contribution in [0.1, 0.15) is 0 Å². The molecule has 0 amide bonds. The van der Waals surface area contributed by atoms with Gasteiger partial charge in [-0.1, -0.05) is 51.5 Å². The molecule has 0 atom stereocenters. The Hall–Kier alpha value is -3.24. The van der Waals surface area contributed by atoms with E-state index in [4.69, 9.17) is 0 Å². The summed E-state index contributed by atoms with van der Waals surface area (Å²) in [7, 11) is 1.84. The topological polar surface area (TPSA) is 97.9 Å². The van der Waals surface area contributed by atoms with Crippen LogP contribution in [0.15, 0.2) is 65.1 Å². The molecule has 4 rings (SSSR count). The van der Waals surface area contributed by atoms with Gasteiger partial charge in [0.05, 0.1) is 10.6 Å². The molecule has 144 valence electrons. The number of anilines is 2. The molecule has 0 unspecified atom stereocenters. The third-order valence-electron chi connectivity index (χ3n) is 4.14. The molecule has 0 bridgehead atoms. The van der Waals surface area contributed by atoms with Crippen molar-refractivity contribution in [3.8, 4) is 21.8 Å². The maximum absolute atomic E-state index is 11.0. The maximum Gasteiger partial charge on any atom is 0.270 e.